The summed E-state index contributed by atoms with van der Waals surface area (Å²) in [6.07, 6.45) is 0.484. The highest BCUT2D eigenvalue weighted by Crippen LogP contribution is 2.22. The second-order valence-corrected chi connectivity index (χ2v) is 4.68. The standard InChI is InChI=1S/C13H16INO4/c1-19-11-5-4-9(7-10(11)8-14)13(18)15-6-2-3-12(16)17/h4-5,7H,2-3,6,8H2,1H3,(H,15,18)(H,16,17). The zero-order valence-corrected chi connectivity index (χ0v) is 12.8. The van der Waals surface area contributed by atoms with Gasteiger partial charge < -0.3 is 15.2 Å². The fourth-order valence-electron chi connectivity index (χ4n) is 1.57. The molecule has 1 rings (SSSR count). The summed E-state index contributed by atoms with van der Waals surface area (Å²) < 4.78 is 5.95. The summed E-state index contributed by atoms with van der Waals surface area (Å²) in [6.45, 7) is 0.358. The van der Waals surface area contributed by atoms with E-state index in [1.807, 2.05) is 0 Å². The van der Waals surface area contributed by atoms with E-state index < -0.39 is 5.97 Å². The topological polar surface area (TPSA) is 75.6 Å². The number of carboxylic acid groups (broad SMARTS) is 1. The molecular formula is C13H16INO4. The number of nitrogens with one attached hydrogen (secondary N) is 1. The molecule has 0 unspecified atom stereocenters. The van der Waals surface area contributed by atoms with E-state index in [0.29, 0.717) is 18.5 Å². The minimum absolute atomic E-state index is 0.0574. The van der Waals surface area contributed by atoms with Crippen LogP contribution in [0.4, 0.5) is 0 Å². The van der Waals surface area contributed by atoms with Gasteiger partial charge in [0.05, 0.1) is 7.11 Å². The third-order valence-corrected chi connectivity index (χ3v) is 3.36. The van der Waals surface area contributed by atoms with Crippen LogP contribution >= 0.6 is 22.6 Å². The zero-order valence-electron chi connectivity index (χ0n) is 10.6. The molecule has 0 aliphatic rings. The summed E-state index contributed by atoms with van der Waals surface area (Å²) in [5.41, 5.74) is 1.52. The van der Waals surface area contributed by atoms with Crippen molar-refractivity contribution < 1.29 is 19.4 Å². The van der Waals surface area contributed by atoms with Crippen molar-refractivity contribution in [3.05, 3.63) is 29.3 Å². The van der Waals surface area contributed by atoms with Crippen molar-refractivity contribution in [3.8, 4) is 5.75 Å². The number of carboxylic acids is 1. The number of carbonyl (C=O) groups is 2. The lowest BCUT2D eigenvalue weighted by molar-refractivity contribution is -0.137. The first-order valence-corrected chi connectivity index (χ1v) is 7.34. The molecule has 2 N–H and O–H groups in total. The minimum atomic E-state index is -0.856. The number of methoxy groups -OCH3 is 1. The Morgan fingerprint density at radius 1 is 1.42 bits per heavy atom. The Morgan fingerprint density at radius 2 is 2.16 bits per heavy atom. The monoisotopic (exact) mass is 377 g/mol. The Balaban J connectivity index is 2.59. The van der Waals surface area contributed by atoms with Crippen LogP contribution in [-0.4, -0.2) is 30.6 Å². The highest BCUT2D eigenvalue weighted by Gasteiger charge is 2.09. The first-order valence-electron chi connectivity index (χ1n) is 5.81. The number of hydrogen-bond donors (Lipinski definition) is 2. The van der Waals surface area contributed by atoms with Crippen molar-refractivity contribution in [2.24, 2.45) is 0 Å². The summed E-state index contributed by atoms with van der Waals surface area (Å²) >= 11 is 2.21. The SMILES string of the molecule is COc1ccc(C(=O)NCCCC(=O)O)cc1CI. The number of amides is 1. The molecule has 0 bridgehead atoms. The number of aliphatic carboxylic acids is 1. The number of ether oxygens (including phenoxy) is 1. The summed E-state index contributed by atoms with van der Waals surface area (Å²) in [5.74, 6) is -0.290. The predicted molar refractivity (Wildman–Crippen MR) is 79.9 cm³/mol. The minimum Gasteiger partial charge on any atom is -0.496 e. The molecule has 19 heavy (non-hydrogen) atoms. The number of rotatable bonds is 7. The van der Waals surface area contributed by atoms with E-state index in [1.165, 1.54) is 0 Å². The van der Waals surface area contributed by atoms with Crippen molar-refractivity contribution in [1.29, 1.82) is 0 Å². The van der Waals surface area contributed by atoms with E-state index in [-0.39, 0.29) is 12.3 Å². The van der Waals surface area contributed by atoms with Gasteiger partial charge in [-0.3, -0.25) is 9.59 Å². The quantitative estimate of drug-likeness (QED) is 0.434. The molecule has 0 spiro atoms. The molecule has 0 aliphatic heterocycles. The molecule has 0 saturated carbocycles. The maximum Gasteiger partial charge on any atom is 0.303 e. The average molecular weight is 377 g/mol. The third kappa shape index (κ3) is 5.06. The van der Waals surface area contributed by atoms with E-state index in [1.54, 1.807) is 25.3 Å². The number of carbonyl (C=O) groups excluding carboxylic acids is 1. The number of alkyl halides is 1. The average Bonchev–Trinajstić information content (AvgIpc) is 2.42. The lowest BCUT2D eigenvalue weighted by Gasteiger charge is -2.09. The van der Waals surface area contributed by atoms with Gasteiger partial charge in [-0.2, -0.15) is 0 Å². The van der Waals surface area contributed by atoms with Gasteiger partial charge in [-0.25, -0.2) is 0 Å². The second kappa shape index (κ2) is 7.98. The number of hydrogen-bond acceptors (Lipinski definition) is 3. The number of halogens is 1. The van der Waals surface area contributed by atoms with Crippen LogP contribution in [0, 0.1) is 0 Å². The molecule has 0 aliphatic carbocycles. The van der Waals surface area contributed by atoms with Crippen LogP contribution in [-0.2, 0) is 9.22 Å². The van der Waals surface area contributed by atoms with Gasteiger partial charge in [0.25, 0.3) is 5.91 Å². The van der Waals surface area contributed by atoms with Gasteiger partial charge in [0.1, 0.15) is 5.75 Å². The molecule has 6 heteroatoms. The molecule has 0 fully saturated rings. The Morgan fingerprint density at radius 3 is 2.74 bits per heavy atom. The van der Waals surface area contributed by atoms with Gasteiger partial charge in [0, 0.05) is 28.5 Å². The van der Waals surface area contributed by atoms with Crippen LogP contribution in [0.3, 0.4) is 0 Å². The van der Waals surface area contributed by atoms with Crippen molar-refractivity contribution in [2.45, 2.75) is 17.3 Å². The Bertz CT molecular complexity index is 462. The van der Waals surface area contributed by atoms with Crippen LogP contribution in [0.2, 0.25) is 0 Å². The lowest BCUT2D eigenvalue weighted by Crippen LogP contribution is -2.25. The van der Waals surface area contributed by atoms with Crippen LogP contribution in [0.15, 0.2) is 18.2 Å². The molecule has 0 heterocycles. The number of benzene rings is 1. The molecular weight excluding hydrogens is 361 g/mol. The first-order chi connectivity index (χ1) is 9.08. The molecule has 1 amide bonds. The fourth-order valence-corrected chi connectivity index (χ4v) is 2.16. The summed E-state index contributed by atoms with van der Waals surface area (Å²) in [5, 5.41) is 11.2. The molecule has 1 aromatic carbocycles. The van der Waals surface area contributed by atoms with Crippen LogP contribution < -0.4 is 10.1 Å². The second-order valence-electron chi connectivity index (χ2n) is 3.91. The van der Waals surface area contributed by atoms with Crippen LogP contribution in [0.25, 0.3) is 0 Å². The molecule has 0 saturated heterocycles. The summed E-state index contributed by atoms with van der Waals surface area (Å²) in [6, 6.07) is 5.25. The van der Waals surface area contributed by atoms with Crippen LogP contribution in [0.5, 0.6) is 5.75 Å². The van der Waals surface area contributed by atoms with Gasteiger partial charge in [-0.1, -0.05) is 22.6 Å². The van der Waals surface area contributed by atoms with Gasteiger partial charge in [-0.05, 0) is 24.6 Å². The van der Waals surface area contributed by atoms with E-state index in [4.69, 9.17) is 9.84 Å². The lowest BCUT2D eigenvalue weighted by atomic mass is 10.1. The Labute approximate surface area is 125 Å². The van der Waals surface area contributed by atoms with Gasteiger partial charge in [0.2, 0.25) is 0 Å². The Hall–Kier alpha value is -1.31. The highest BCUT2D eigenvalue weighted by molar-refractivity contribution is 14.1. The maximum atomic E-state index is 11.9. The fraction of sp³-hybridized carbons (Fsp3) is 0.385. The van der Waals surface area contributed by atoms with Gasteiger partial charge >= 0.3 is 5.97 Å². The predicted octanol–water partition coefficient (Wildman–Crippen LogP) is 2.22. The van der Waals surface area contributed by atoms with Crippen LogP contribution in [0.1, 0.15) is 28.8 Å². The molecule has 5 nitrogen and oxygen atoms in total. The van der Waals surface area contributed by atoms with Crippen molar-refractivity contribution >= 4 is 34.5 Å². The molecule has 0 aromatic heterocycles. The van der Waals surface area contributed by atoms with Crippen molar-refractivity contribution in [3.63, 3.8) is 0 Å². The first kappa shape index (κ1) is 15.7. The van der Waals surface area contributed by atoms with Gasteiger partial charge in [-0.15, -0.1) is 0 Å². The summed E-state index contributed by atoms with van der Waals surface area (Å²) in [4.78, 5) is 22.2. The van der Waals surface area contributed by atoms with E-state index in [9.17, 15) is 9.59 Å². The zero-order chi connectivity index (χ0) is 14.3. The molecule has 0 atom stereocenters. The van der Waals surface area contributed by atoms with Crippen molar-refractivity contribution in [2.75, 3.05) is 13.7 Å². The molecule has 0 radical (unpaired) electrons. The van der Waals surface area contributed by atoms with E-state index in [2.05, 4.69) is 27.9 Å². The van der Waals surface area contributed by atoms with Crippen molar-refractivity contribution in [1.82, 2.24) is 5.32 Å². The maximum absolute atomic E-state index is 11.9. The highest BCUT2D eigenvalue weighted by atomic mass is 127. The smallest absolute Gasteiger partial charge is 0.303 e. The Kier molecular flexibility index (Phi) is 6.61. The molecule has 1 aromatic rings. The molecule has 104 valence electrons. The third-order valence-electron chi connectivity index (χ3n) is 2.54. The van der Waals surface area contributed by atoms with E-state index >= 15 is 0 Å². The normalized spacial score (nSPS) is 10.0. The largest absolute Gasteiger partial charge is 0.496 e. The van der Waals surface area contributed by atoms with Gasteiger partial charge in [0.15, 0.2) is 0 Å². The summed E-state index contributed by atoms with van der Waals surface area (Å²) in [7, 11) is 1.59. The van der Waals surface area contributed by atoms with E-state index in [0.717, 1.165) is 15.7 Å².